The van der Waals surface area contributed by atoms with Gasteiger partial charge < -0.3 is 29.9 Å². The van der Waals surface area contributed by atoms with E-state index >= 15 is 0 Å². The van der Waals surface area contributed by atoms with E-state index in [0.717, 1.165) is 31.7 Å². The van der Waals surface area contributed by atoms with E-state index in [-0.39, 0.29) is 6.61 Å². The lowest BCUT2D eigenvalue weighted by atomic mass is 10.0. The highest BCUT2D eigenvalue weighted by Crippen LogP contribution is 2.16. The van der Waals surface area contributed by atoms with Crippen molar-refractivity contribution in [3.05, 3.63) is 59.6 Å². The summed E-state index contributed by atoms with van der Waals surface area (Å²) < 4.78 is 11.2. The minimum atomic E-state index is -0.573. The van der Waals surface area contributed by atoms with Crippen LogP contribution in [-0.2, 0) is 0 Å². The van der Waals surface area contributed by atoms with Gasteiger partial charge in [0.15, 0.2) is 0 Å². The largest absolute Gasteiger partial charge is 0.491 e. The van der Waals surface area contributed by atoms with Crippen molar-refractivity contribution in [1.82, 2.24) is 10.2 Å². The van der Waals surface area contributed by atoms with Crippen LogP contribution in [0.1, 0.15) is 12.8 Å². The molecule has 0 amide bonds. The van der Waals surface area contributed by atoms with Gasteiger partial charge in [-0.05, 0) is 62.3 Å². The number of nitrogens with zero attached hydrogens (tertiary/aromatic N) is 1. The Morgan fingerprint density at radius 2 is 1.50 bits per heavy atom. The Morgan fingerprint density at radius 1 is 0.900 bits per heavy atom. The first-order chi connectivity index (χ1) is 14.6. The molecule has 2 aromatic carbocycles. The lowest BCUT2D eigenvalue weighted by Gasteiger charge is -2.33. The van der Waals surface area contributed by atoms with Crippen LogP contribution in [0.2, 0.25) is 5.02 Å². The summed E-state index contributed by atoms with van der Waals surface area (Å²) in [4.78, 5) is 2.26. The van der Waals surface area contributed by atoms with Gasteiger partial charge in [-0.15, -0.1) is 0 Å². The van der Waals surface area contributed by atoms with Gasteiger partial charge in [0, 0.05) is 24.2 Å². The van der Waals surface area contributed by atoms with E-state index in [4.69, 9.17) is 21.1 Å². The highest BCUT2D eigenvalue weighted by atomic mass is 35.5. The highest BCUT2D eigenvalue weighted by Gasteiger charge is 2.21. The van der Waals surface area contributed by atoms with Gasteiger partial charge in [-0.2, -0.15) is 0 Å². The number of halogens is 1. The molecule has 0 bridgehead atoms. The summed E-state index contributed by atoms with van der Waals surface area (Å²) in [5.41, 5.74) is 0. The molecule has 3 N–H and O–H groups in total. The molecule has 1 fully saturated rings. The van der Waals surface area contributed by atoms with Crippen molar-refractivity contribution in [1.29, 1.82) is 0 Å². The zero-order valence-corrected chi connectivity index (χ0v) is 17.9. The highest BCUT2D eigenvalue weighted by molar-refractivity contribution is 6.30. The van der Waals surface area contributed by atoms with E-state index in [9.17, 15) is 10.2 Å². The molecule has 1 saturated heterocycles. The molecular weight excluding hydrogens is 404 g/mol. The SMILES string of the molecule is OC(CNC1CCN(CC(O)COc2ccccc2)CC1)COc1ccc(Cl)cc1. The van der Waals surface area contributed by atoms with Crippen molar-refractivity contribution in [3.63, 3.8) is 0 Å². The fraction of sp³-hybridized carbons (Fsp3) is 0.478. The Hall–Kier alpha value is -1.83. The minimum Gasteiger partial charge on any atom is -0.491 e. The third-order valence-electron chi connectivity index (χ3n) is 5.14. The van der Waals surface area contributed by atoms with Crippen LogP contribution in [0.3, 0.4) is 0 Å². The number of likely N-dealkylation sites (tertiary alicyclic amines) is 1. The zero-order chi connectivity index (χ0) is 21.2. The van der Waals surface area contributed by atoms with Gasteiger partial charge in [0.2, 0.25) is 0 Å². The van der Waals surface area contributed by atoms with Crippen LogP contribution in [0.4, 0.5) is 0 Å². The van der Waals surface area contributed by atoms with E-state index in [1.807, 2.05) is 30.3 Å². The summed E-state index contributed by atoms with van der Waals surface area (Å²) in [7, 11) is 0. The molecule has 0 aliphatic carbocycles. The number of nitrogens with one attached hydrogen (secondary N) is 1. The first-order valence-corrected chi connectivity index (χ1v) is 10.8. The molecule has 1 aliphatic heterocycles. The predicted octanol–water partition coefficient (Wildman–Crippen LogP) is 2.57. The molecule has 2 unspecified atom stereocenters. The second kappa shape index (κ2) is 12.1. The van der Waals surface area contributed by atoms with Gasteiger partial charge >= 0.3 is 0 Å². The number of para-hydroxylation sites is 1. The molecule has 6 nitrogen and oxygen atoms in total. The molecule has 0 aromatic heterocycles. The smallest absolute Gasteiger partial charge is 0.119 e. The lowest BCUT2D eigenvalue weighted by molar-refractivity contribution is 0.0556. The number of rotatable bonds is 11. The average molecular weight is 435 g/mol. The fourth-order valence-electron chi connectivity index (χ4n) is 3.46. The first kappa shape index (κ1) is 22.8. The van der Waals surface area contributed by atoms with Gasteiger partial charge in [0.05, 0.1) is 0 Å². The van der Waals surface area contributed by atoms with Crippen LogP contribution in [0, 0.1) is 0 Å². The number of ether oxygens (including phenoxy) is 2. The molecular formula is C23H31ClN2O4. The number of aliphatic hydroxyl groups excluding tert-OH is 2. The third-order valence-corrected chi connectivity index (χ3v) is 5.39. The van der Waals surface area contributed by atoms with Crippen molar-refractivity contribution >= 4 is 11.6 Å². The Labute approximate surface area is 183 Å². The van der Waals surface area contributed by atoms with Gasteiger partial charge in [0.1, 0.15) is 36.9 Å². The Kier molecular flexibility index (Phi) is 9.24. The van der Waals surface area contributed by atoms with E-state index in [1.54, 1.807) is 24.3 Å². The Balaban J connectivity index is 1.26. The second-order valence-electron chi connectivity index (χ2n) is 7.68. The summed E-state index contributed by atoms with van der Waals surface area (Å²) in [6, 6.07) is 17.0. The number of β-amino-alcohol motifs (C(OH)–C–C–N with tert-alkyl or cyclic N) is 1. The maximum absolute atomic E-state index is 10.2. The molecule has 2 aromatic rings. The van der Waals surface area contributed by atoms with Crippen LogP contribution in [0.15, 0.2) is 54.6 Å². The molecule has 1 heterocycles. The van der Waals surface area contributed by atoms with Crippen molar-refractivity contribution < 1.29 is 19.7 Å². The van der Waals surface area contributed by atoms with Crippen molar-refractivity contribution in [2.75, 3.05) is 39.4 Å². The van der Waals surface area contributed by atoms with Crippen LogP contribution in [0.25, 0.3) is 0 Å². The van der Waals surface area contributed by atoms with Gasteiger partial charge in [-0.3, -0.25) is 0 Å². The average Bonchev–Trinajstić information content (AvgIpc) is 2.77. The molecule has 1 aliphatic rings. The zero-order valence-electron chi connectivity index (χ0n) is 17.1. The standard InChI is InChI=1S/C23H31ClN2O4/c24-18-6-8-23(9-7-18)29-16-20(27)14-25-19-10-12-26(13-11-19)15-21(28)17-30-22-4-2-1-3-5-22/h1-9,19-21,25,27-28H,10-17H2. The number of benzene rings is 2. The number of hydrogen-bond acceptors (Lipinski definition) is 6. The van der Waals surface area contributed by atoms with Crippen LogP contribution >= 0.6 is 11.6 Å². The summed E-state index contributed by atoms with van der Waals surface area (Å²) in [5.74, 6) is 1.47. The number of piperidine rings is 1. The molecule has 3 rings (SSSR count). The Bertz CT molecular complexity index is 724. The normalized spacial score (nSPS) is 17.4. The topological polar surface area (TPSA) is 74.2 Å². The molecule has 164 valence electrons. The van der Waals surface area contributed by atoms with Crippen LogP contribution in [-0.4, -0.2) is 72.8 Å². The molecule has 30 heavy (non-hydrogen) atoms. The maximum Gasteiger partial charge on any atom is 0.119 e. The van der Waals surface area contributed by atoms with Crippen molar-refractivity contribution in [3.8, 4) is 11.5 Å². The molecule has 0 radical (unpaired) electrons. The van der Waals surface area contributed by atoms with E-state index in [0.29, 0.717) is 36.5 Å². The summed E-state index contributed by atoms with van der Waals surface area (Å²) >= 11 is 5.85. The van der Waals surface area contributed by atoms with Gasteiger partial charge in [0.25, 0.3) is 0 Å². The Morgan fingerprint density at radius 3 is 2.17 bits per heavy atom. The minimum absolute atomic E-state index is 0.237. The molecule has 7 heteroatoms. The van der Waals surface area contributed by atoms with Crippen molar-refractivity contribution in [2.24, 2.45) is 0 Å². The quantitative estimate of drug-likeness (QED) is 0.504. The van der Waals surface area contributed by atoms with E-state index < -0.39 is 12.2 Å². The monoisotopic (exact) mass is 434 g/mol. The summed E-state index contributed by atoms with van der Waals surface area (Å²) in [6.45, 7) is 3.46. The van der Waals surface area contributed by atoms with Crippen molar-refractivity contribution in [2.45, 2.75) is 31.1 Å². The maximum atomic E-state index is 10.2. The number of hydrogen-bond donors (Lipinski definition) is 3. The van der Waals surface area contributed by atoms with E-state index in [1.165, 1.54) is 0 Å². The van der Waals surface area contributed by atoms with Crippen LogP contribution < -0.4 is 14.8 Å². The molecule has 0 saturated carbocycles. The van der Waals surface area contributed by atoms with E-state index in [2.05, 4.69) is 10.2 Å². The lowest BCUT2D eigenvalue weighted by Crippen LogP contribution is -2.47. The summed E-state index contributed by atoms with van der Waals surface area (Å²) in [5, 5.41) is 24.5. The van der Waals surface area contributed by atoms with Gasteiger partial charge in [-0.1, -0.05) is 29.8 Å². The molecule has 2 atom stereocenters. The first-order valence-electron chi connectivity index (χ1n) is 10.5. The second-order valence-corrected chi connectivity index (χ2v) is 8.12. The van der Waals surface area contributed by atoms with Crippen LogP contribution in [0.5, 0.6) is 11.5 Å². The summed E-state index contributed by atoms with van der Waals surface area (Å²) in [6.07, 6.45) is 0.880. The predicted molar refractivity (Wildman–Crippen MR) is 118 cm³/mol. The fourth-order valence-corrected chi connectivity index (χ4v) is 3.59. The number of aliphatic hydroxyl groups is 2. The third kappa shape index (κ3) is 8.13. The van der Waals surface area contributed by atoms with Gasteiger partial charge in [-0.25, -0.2) is 0 Å². The molecule has 0 spiro atoms.